The summed E-state index contributed by atoms with van der Waals surface area (Å²) in [4.78, 5) is 24.5. The van der Waals surface area contributed by atoms with Crippen molar-refractivity contribution in [2.45, 2.75) is 19.0 Å². The lowest BCUT2D eigenvalue weighted by Gasteiger charge is -2.26. The summed E-state index contributed by atoms with van der Waals surface area (Å²) in [6.45, 7) is 2.01. The van der Waals surface area contributed by atoms with Crippen LogP contribution in [0.2, 0.25) is 0 Å². The van der Waals surface area contributed by atoms with Crippen molar-refractivity contribution in [3.05, 3.63) is 60.2 Å². The van der Waals surface area contributed by atoms with E-state index in [9.17, 15) is 9.59 Å². The maximum Gasteiger partial charge on any atom is 0.265 e. The van der Waals surface area contributed by atoms with E-state index < -0.39 is 0 Å². The zero-order valence-electron chi connectivity index (χ0n) is 14.6. The molecule has 1 fully saturated rings. The number of benzene rings is 2. The number of amides is 2. The number of rotatable bonds is 4. The summed E-state index contributed by atoms with van der Waals surface area (Å²) in [5.41, 5.74) is 2.24. The molecule has 2 aromatic rings. The van der Waals surface area contributed by atoms with Crippen molar-refractivity contribution in [2.75, 3.05) is 24.4 Å². The minimum absolute atomic E-state index is 0.00317. The minimum atomic E-state index is -0.365. The van der Waals surface area contributed by atoms with Gasteiger partial charge >= 0.3 is 0 Å². The van der Waals surface area contributed by atoms with Gasteiger partial charge in [-0.25, -0.2) is 10.0 Å². The molecule has 2 N–H and O–H groups in total. The highest BCUT2D eigenvalue weighted by Crippen LogP contribution is 2.27. The van der Waals surface area contributed by atoms with Crippen molar-refractivity contribution in [1.82, 2.24) is 10.3 Å². The fourth-order valence-electron chi connectivity index (χ4n) is 2.99. The molecular formula is C19H22N4O2. The van der Waals surface area contributed by atoms with Crippen LogP contribution in [-0.4, -0.2) is 43.0 Å². The summed E-state index contributed by atoms with van der Waals surface area (Å²) in [7, 11) is 3.51. The van der Waals surface area contributed by atoms with Crippen LogP contribution in [0.1, 0.15) is 17.3 Å². The molecule has 1 saturated heterocycles. The van der Waals surface area contributed by atoms with Gasteiger partial charge in [0.05, 0.1) is 11.7 Å². The molecule has 0 aliphatic carbocycles. The second-order valence-corrected chi connectivity index (χ2v) is 6.08. The number of carbonyl (C=O) groups excluding carboxylic acids is 2. The Morgan fingerprint density at radius 1 is 1.04 bits per heavy atom. The van der Waals surface area contributed by atoms with Gasteiger partial charge in [-0.3, -0.25) is 9.59 Å². The highest BCUT2D eigenvalue weighted by atomic mass is 16.2. The van der Waals surface area contributed by atoms with E-state index in [4.69, 9.17) is 0 Å². The average Bonchev–Trinajstić information content (AvgIpc) is 2.86. The zero-order valence-corrected chi connectivity index (χ0v) is 14.6. The fraction of sp³-hybridized carbons (Fsp3) is 0.263. The Morgan fingerprint density at radius 3 is 2.28 bits per heavy atom. The van der Waals surface area contributed by atoms with Gasteiger partial charge in [-0.2, -0.15) is 0 Å². The van der Waals surface area contributed by atoms with Crippen LogP contribution in [0.15, 0.2) is 54.6 Å². The maximum atomic E-state index is 12.9. The summed E-state index contributed by atoms with van der Waals surface area (Å²) in [5.74, 6) is -0.136. The average molecular weight is 338 g/mol. The quantitative estimate of drug-likeness (QED) is 0.896. The Balaban J connectivity index is 1.78. The smallest absolute Gasteiger partial charge is 0.265 e. The Labute approximate surface area is 147 Å². The van der Waals surface area contributed by atoms with Gasteiger partial charge in [0.1, 0.15) is 6.04 Å². The molecule has 2 amide bonds. The van der Waals surface area contributed by atoms with E-state index in [2.05, 4.69) is 10.6 Å². The number of carbonyl (C=O) groups is 2. The molecule has 3 rings (SSSR count). The second kappa shape index (κ2) is 6.94. The van der Waals surface area contributed by atoms with Crippen molar-refractivity contribution in [2.24, 2.45) is 0 Å². The number of para-hydroxylation sites is 1. The largest absolute Gasteiger partial charge is 0.372 e. The third-order valence-corrected chi connectivity index (χ3v) is 4.56. The van der Waals surface area contributed by atoms with Crippen molar-refractivity contribution in [3.8, 4) is 0 Å². The fourth-order valence-corrected chi connectivity index (χ4v) is 2.99. The van der Waals surface area contributed by atoms with Crippen LogP contribution >= 0.6 is 0 Å². The van der Waals surface area contributed by atoms with Gasteiger partial charge < -0.3 is 10.6 Å². The number of nitrogens with one attached hydrogen (secondary N) is 2. The molecular weight excluding hydrogens is 316 g/mol. The van der Waals surface area contributed by atoms with Crippen molar-refractivity contribution in [3.63, 3.8) is 0 Å². The van der Waals surface area contributed by atoms with Crippen LogP contribution in [-0.2, 0) is 4.79 Å². The number of nitrogens with zero attached hydrogens (tertiary/aromatic N) is 2. The highest BCUT2D eigenvalue weighted by Gasteiger charge is 2.43. The van der Waals surface area contributed by atoms with E-state index in [0.717, 1.165) is 11.4 Å². The third kappa shape index (κ3) is 3.21. The molecule has 2 unspecified atom stereocenters. The molecule has 1 aliphatic rings. The normalized spacial score (nSPS) is 20.6. The Bertz CT molecular complexity index is 761. The van der Waals surface area contributed by atoms with Gasteiger partial charge in [0.15, 0.2) is 0 Å². The summed E-state index contributed by atoms with van der Waals surface area (Å²) in [6.07, 6.45) is 0. The summed E-state index contributed by atoms with van der Waals surface area (Å²) < 4.78 is 0. The topological polar surface area (TPSA) is 64.7 Å². The lowest BCUT2D eigenvalue weighted by Crippen LogP contribution is -2.38. The van der Waals surface area contributed by atoms with Gasteiger partial charge in [0, 0.05) is 25.3 Å². The molecule has 1 heterocycles. The molecule has 6 heteroatoms. The molecule has 2 aromatic carbocycles. The maximum absolute atomic E-state index is 12.9. The van der Waals surface area contributed by atoms with Crippen LogP contribution < -0.4 is 15.6 Å². The van der Waals surface area contributed by atoms with Gasteiger partial charge in [0.25, 0.3) is 11.8 Å². The predicted octanol–water partition coefficient (Wildman–Crippen LogP) is 2.11. The van der Waals surface area contributed by atoms with Crippen LogP contribution in [0.3, 0.4) is 0 Å². The van der Waals surface area contributed by atoms with E-state index in [0.29, 0.717) is 5.56 Å². The second-order valence-electron chi connectivity index (χ2n) is 6.08. The standard InChI is InChI=1S/C19H22N4O2/c1-13-17(21-15-11-9-14(10-12-15)18(24)20-2)19(25)23(22(13)3)16-7-5-4-6-8-16/h4-13,17,21H,1-3H3,(H,20,24). The molecule has 0 spiro atoms. The van der Waals surface area contributed by atoms with Gasteiger partial charge in [-0.1, -0.05) is 18.2 Å². The Kier molecular flexibility index (Phi) is 4.72. The van der Waals surface area contributed by atoms with Crippen molar-refractivity contribution >= 4 is 23.2 Å². The molecule has 6 nitrogen and oxygen atoms in total. The van der Waals surface area contributed by atoms with E-state index in [1.54, 1.807) is 24.2 Å². The van der Waals surface area contributed by atoms with Crippen molar-refractivity contribution < 1.29 is 9.59 Å². The molecule has 0 aromatic heterocycles. The van der Waals surface area contributed by atoms with Crippen LogP contribution in [0.5, 0.6) is 0 Å². The third-order valence-electron chi connectivity index (χ3n) is 4.56. The van der Waals surface area contributed by atoms with Crippen LogP contribution in [0.25, 0.3) is 0 Å². The monoisotopic (exact) mass is 338 g/mol. The highest BCUT2D eigenvalue weighted by molar-refractivity contribution is 6.01. The van der Waals surface area contributed by atoms with E-state index >= 15 is 0 Å². The molecule has 1 aliphatic heterocycles. The molecule has 0 bridgehead atoms. The Morgan fingerprint density at radius 2 is 1.68 bits per heavy atom. The number of anilines is 2. The van der Waals surface area contributed by atoms with Gasteiger partial charge in [-0.15, -0.1) is 0 Å². The first-order chi connectivity index (χ1) is 12.0. The summed E-state index contributed by atoms with van der Waals surface area (Å²) >= 11 is 0. The molecule has 25 heavy (non-hydrogen) atoms. The van der Waals surface area contributed by atoms with Gasteiger partial charge in [-0.05, 0) is 43.3 Å². The molecule has 2 atom stereocenters. The lowest BCUT2D eigenvalue weighted by atomic mass is 10.1. The van der Waals surface area contributed by atoms with E-state index in [1.807, 2.05) is 61.4 Å². The SMILES string of the molecule is CNC(=O)c1ccc(NC2C(=O)N(c3ccccc3)N(C)C2C)cc1. The van der Waals surface area contributed by atoms with Crippen LogP contribution in [0, 0.1) is 0 Å². The van der Waals surface area contributed by atoms with Gasteiger partial charge in [0.2, 0.25) is 0 Å². The summed E-state index contributed by atoms with van der Waals surface area (Å²) in [6, 6.07) is 16.3. The Hall–Kier alpha value is -2.86. The number of hydrazine groups is 1. The zero-order chi connectivity index (χ0) is 18.0. The van der Waals surface area contributed by atoms with Crippen LogP contribution in [0.4, 0.5) is 11.4 Å². The number of hydrogen-bond acceptors (Lipinski definition) is 4. The molecule has 0 radical (unpaired) electrons. The predicted molar refractivity (Wildman–Crippen MR) is 98.4 cm³/mol. The first-order valence-corrected chi connectivity index (χ1v) is 8.23. The first kappa shape index (κ1) is 17.0. The molecule has 0 saturated carbocycles. The molecule has 130 valence electrons. The summed E-state index contributed by atoms with van der Waals surface area (Å²) in [5, 5.41) is 9.52. The van der Waals surface area contributed by atoms with Crippen molar-refractivity contribution in [1.29, 1.82) is 0 Å². The number of hydrogen-bond donors (Lipinski definition) is 2. The minimum Gasteiger partial charge on any atom is -0.372 e. The number of likely N-dealkylation sites (N-methyl/N-ethyl adjacent to an activating group) is 1. The van der Waals surface area contributed by atoms with E-state index in [-0.39, 0.29) is 23.9 Å². The lowest BCUT2D eigenvalue weighted by molar-refractivity contribution is -0.118. The van der Waals surface area contributed by atoms with E-state index in [1.165, 1.54) is 0 Å². The first-order valence-electron chi connectivity index (χ1n) is 8.23.